The van der Waals surface area contributed by atoms with Gasteiger partial charge in [0.05, 0.1) is 5.69 Å². The molecular formula is C17H17N3O5S. The van der Waals surface area contributed by atoms with Crippen LogP contribution in [0, 0.1) is 6.92 Å². The van der Waals surface area contributed by atoms with Crippen LogP contribution < -0.4 is 5.56 Å². The predicted molar refractivity (Wildman–Crippen MR) is 91.9 cm³/mol. The number of fused-ring (bicyclic) bond motifs is 1. The van der Waals surface area contributed by atoms with E-state index in [0.717, 1.165) is 11.1 Å². The fraction of sp³-hybridized carbons (Fsp3) is 0.294. The third-order valence-electron chi connectivity index (χ3n) is 4.43. The third-order valence-corrected chi connectivity index (χ3v) is 6.15. The molecule has 8 nitrogen and oxygen atoms in total. The molecule has 0 saturated carbocycles. The average molecular weight is 375 g/mol. The summed E-state index contributed by atoms with van der Waals surface area (Å²) in [7, 11) is -2.14. The third kappa shape index (κ3) is 2.78. The number of nitrogens with zero attached hydrogens (tertiary/aromatic N) is 3. The molecule has 0 aromatic carbocycles. The summed E-state index contributed by atoms with van der Waals surface area (Å²) in [5.41, 5.74) is 2.29. The Kier molecular flexibility index (Phi) is 3.85. The van der Waals surface area contributed by atoms with Gasteiger partial charge < -0.3 is 13.5 Å². The molecule has 0 radical (unpaired) electrons. The fourth-order valence-electron chi connectivity index (χ4n) is 3.02. The number of hydrogen-bond acceptors (Lipinski definition) is 6. The van der Waals surface area contributed by atoms with Crippen molar-refractivity contribution >= 4 is 10.0 Å². The summed E-state index contributed by atoms with van der Waals surface area (Å²) in [6.45, 7) is 2.26. The molecule has 3 aromatic rings. The first-order valence-corrected chi connectivity index (χ1v) is 9.51. The second kappa shape index (κ2) is 5.96. The summed E-state index contributed by atoms with van der Waals surface area (Å²) in [6.07, 6.45) is 2.17. The maximum atomic E-state index is 12.9. The van der Waals surface area contributed by atoms with Gasteiger partial charge in [-0.15, -0.1) is 0 Å². The zero-order chi connectivity index (χ0) is 18.5. The lowest BCUT2D eigenvalue weighted by Gasteiger charge is -2.27. The molecule has 1 aliphatic rings. The minimum Gasteiger partial charge on any atom is -0.440 e. The molecule has 0 spiro atoms. The Bertz CT molecular complexity index is 1140. The van der Waals surface area contributed by atoms with Crippen LogP contribution >= 0.6 is 0 Å². The molecule has 4 rings (SSSR count). The van der Waals surface area contributed by atoms with Gasteiger partial charge >= 0.3 is 0 Å². The van der Waals surface area contributed by atoms with Gasteiger partial charge in [0.2, 0.25) is 10.9 Å². The summed E-state index contributed by atoms with van der Waals surface area (Å²) in [5, 5.41) is 3.63. The highest BCUT2D eigenvalue weighted by atomic mass is 32.2. The Morgan fingerprint density at radius 1 is 1.15 bits per heavy atom. The van der Waals surface area contributed by atoms with Crippen molar-refractivity contribution in [3.05, 3.63) is 57.6 Å². The molecule has 0 aliphatic carbocycles. The molecule has 1 aliphatic heterocycles. The van der Waals surface area contributed by atoms with Crippen LogP contribution in [-0.2, 0) is 30.0 Å². The SMILES string of the molecule is Cc1cc(-c2ccc(S(=O)(=O)N3CCc4cc(=O)n(C)cc4C3)o2)on1. The molecule has 3 aromatic heterocycles. The lowest BCUT2D eigenvalue weighted by atomic mass is 10.0. The summed E-state index contributed by atoms with van der Waals surface area (Å²) in [6, 6.07) is 6.20. The normalized spacial score (nSPS) is 15.2. The first-order valence-electron chi connectivity index (χ1n) is 8.07. The zero-order valence-corrected chi connectivity index (χ0v) is 15.1. The molecular weight excluding hydrogens is 358 g/mol. The minimum absolute atomic E-state index is 0.0990. The zero-order valence-electron chi connectivity index (χ0n) is 14.3. The van der Waals surface area contributed by atoms with Crippen molar-refractivity contribution in [3.63, 3.8) is 0 Å². The van der Waals surface area contributed by atoms with Crippen molar-refractivity contribution in [3.8, 4) is 11.5 Å². The quantitative estimate of drug-likeness (QED) is 0.691. The van der Waals surface area contributed by atoms with Crippen LogP contribution in [0.1, 0.15) is 16.8 Å². The van der Waals surface area contributed by atoms with Gasteiger partial charge in [0.25, 0.3) is 15.6 Å². The van der Waals surface area contributed by atoms with Crippen molar-refractivity contribution in [2.75, 3.05) is 6.54 Å². The van der Waals surface area contributed by atoms with E-state index >= 15 is 0 Å². The van der Waals surface area contributed by atoms with Crippen LogP contribution in [0.3, 0.4) is 0 Å². The molecule has 0 bridgehead atoms. The van der Waals surface area contributed by atoms with Gasteiger partial charge in [-0.05, 0) is 36.6 Å². The second-order valence-corrected chi connectivity index (χ2v) is 8.18. The maximum absolute atomic E-state index is 12.9. The van der Waals surface area contributed by atoms with E-state index in [1.54, 1.807) is 38.4 Å². The van der Waals surface area contributed by atoms with Crippen LogP contribution in [0.25, 0.3) is 11.5 Å². The summed E-state index contributed by atoms with van der Waals surface area (Å²) in [5.74, 6) is 0.687. The maximum Gasteiger partial charge on any atom is 0.276 e. The standard InChI is InChI=1S/C17H17N3O5S/c1-11-7-15(25-18-11)14-3-4-17(24-14)26(22,23)20-6-5-12-8-16(21)19(2)9-13(12)10-20/h3-4,7-9H,5-6,10H2,1-2H3. The highest BCUT2D eigenvalue weighted by Gasteiger charge is 2.31. The predicted octanol–water partition coefficient (Wildman–Crippen LogP) is 1.69. The first kappa shape index (κ1) is 16.8. The molecule has 0 fully saturated rings. The Labute approximate surface area is 149 Å². The molecule has 0 amide bonds. The molecule has 9 heteroatoms. The van der Waals surface area contributed by atoms with Crippen molar-refractivity contribution in [1.82, 2.24) is 14.0 Å². The van der Waals surface area contributed by atoms with E-state index in [1.165, 1.54) is 14.9 Å². The van der Waals surface area contributed by atoms with Crippen molar-refractivity contribution in [2.24, 2.45) is 7.05 Å². The topological polar surface area (TPSA) is 98.6 Å². The first-order chi connectivity index (χ1) is 12.3. The smallest absolute Gasteiger partial charge is 0.276 e. The van der Waals surface area contributed by atoms with Gasteiger partial charge in [-0.25, -0.2) is 8.42 Å². The van der Waals surface area contributed by atoms with E-state index in [1.807, 2.05) is 0 Å². The number of pyridine rings is 1. The molecule has 136 valence electrons. The van der Waals surface area contributed by atoms with Crippen LogP contribution in [0.5, 0.6) is 0 Å². The highest BCUT2D eigenvalue weighted by molar-refractivity contribution is 7.89. The molecule has 26 heavy (non-hydrogen) atoms. The van der Waals surface area contributed by atoms with E-state index in [0.29, 0.717) is 30.2 Å². The Hall–Kier alpha value is -2.65. The average Bonchev–Trinajstić information content (AvgIpc) is 3.24. The van der Waals surface area contributed by atoms with Gasteiger partial charge in [-0.3, -0.25) is 4.79 Å². The van der Waals surface area contributed by atoms with Crippen LogP contribution in [0.15, 0.2) is 49.3 Å². The largest absolute Gasteiger partial charge is 0.440 e. The molecule has 0 atom stereocenters. The van der Waals surface area contributed by atoms with Gasteiger partial charge in [0, 0.05) is 38.5 Å². The van der Waals surface area contributed by atoms with Crippen LogP contribution in [0.4, 0.5) is 0 Å². The molecule has 0 unspecified atom stereocenters. The van der Waals surface area contributed by atoms with Gasteiger partial charge in [0.15, 0.2) is 5.76 Å². The van der Waals surface area contributed by atoms with Gasteiger partial charge in [-0.1, -0.05) is 5.16 Å². The number of sulfonamides is 1. The highest BCUT2D eigenvalue weighted by Crippen LogP contribution is 2.29. The van der Waals surface area contributed by atoms with Gasteiger partial charge in [0.1, 0.15) is 0 Å². The monoisotopic (exact) mass is 375 g/mol. The fourth-order valence-corrected chi connectivity index (χ4v) is 4.35. The number of rotatable bonds is 3. The van der Waals surface area contributed by atoms with Gasteiger partial charge in [-0.2, -0.15) is 4.31 Å². The van der Waals surface area contributed by atoms with E-state index in [-0.39, 0.29) is 17.2 Å². The molecule has 4 heterocycles. The van der Waals surface area contributed by atoms with Crippen LogP contribution in [-0.4, -0.2) is 29.0 Å². The molecule has 0 N–H and O–H groups in total. The molecule has 0 saturated heterocycles. The van der Waals surface area contributed by atoms with Crippen molar-refractivity contribution in [1.29, 1.82) is 0 Å². The lowest BCUT2D eigenvalue weighted by Crippen LogP contribution is -2.37. The minimum atomic E-state index is -3.79. The van der Waals surface area contributed by atoms with E-state index < -0.39 is 10.0 Å². The van der Waals surface area contributed by atoms with E-state index in [2.05, 4.69) is 5.16 Å². The number of aryl methyl sites for hydroxylation is 2. The van der Waals surface area contributed by atoms with Crippen molar-refractivity contribution < 1.29 is 17.4 Å². The number of furan rings is 1. The Morgan fingerprint density at radius 2 is 1.96 bits per heavy atom. The number of aromatic nitrogens is 2. The number of hydrogen-bond donors (Lipinski definition) is 0. The Morgan fingerprint density at radius 3 is 2.69 bits per heavy atom. The summed E-state index contributed by atoms with van der Waals surface area (Å²) in [4.78, 5) is 11.7. The summed E-state index contributed by atoms with van der Waals surface area (Å²) < 4.78 is 39.3. The van der Waals surface area contributed by atoms with E-state index in [4.69, 9.17) is 8.94 Å². The summed E-state index contributed by atoms with van der Waals surface area (Å²) >= 11 is 0. The van der Waals surface area contributed by atoms with Crippen LogP contribution in [0.2, 0.25) is 0 Å². The Balaban J connectivity index is 1.64. The lowest BCUT2D eigenvalue weighted by molar-refractivity contribution is 0.360. The van der Waals surface area contributed by atoms with Crippen molar-refractivity contribution in [2.45, 2.75) is 25.0 Å². The second-order valence-electron chi connectivity index (χ2n) is 6.31. The van der Waals surface area contributed by atoms with E-state index in [9.17, 15) is 13.2 Å².